The van der Waals surface area contributed by atoms with Crippen molar-refractivity contribution in [1.29, 1.82) is 0 Å². The molecule has 0 bridgehead atoms. The maximum absolute atomic E-state index is 12.3. The highest BCUT2D eigenvalue weighted by molar-refractivity contribution is 7.14. The van der Waals surface area contributed by atoms with E-state index >= 15 is 0 Å². The summed E-state index contributed by atoms with van der Waals surface area (Å²) in [6.07, 6.45) is 0. The number of hydrogen-bond acceptors (Lipinski definition) is 5. The lowest BCUT2D eigenvalue weighted by molar-refractivity contribution is -0.0181. The summed E-state index contributed by atoms with van der Waals surface area (Å²) in [4.78, 5) is 15.3. The maximum atomic E-state index is 12.3. The molecule has 19 heavy (non-hydrogen) atoms. The zero-order valence-electron chi connectivity index (χ0n) is 10.3. The Morgan fingerprint density at radius 2 is 2.37 bits per heavy atom. The van der Waals surface area contributed by atoms with Gasteiger partial charge in [-0.05, 0) is 12.1 Å². The van der Waals surface area contributed by atoms with Crippen molar-refractivity contribution in [3.63, 3.8) is 0 Å². The summed E-state index contributed by atoms with van der Waals surface area (Å²) in [5, 5.41) is 17.9. The number of carbonyl (C=O) groups excluding carboxylic acids is 1. The molecule has 2 rings (SSSR count). The summed E-state index contributed by atoms with van der Waals surface area (Å²) < 4.78 is 5.25. The van der Waals surface area contributed by atoms with Gasteiger partial charge >= 0.3 is 0 Å². The zero-order chi connectivity index (χ0) is 13.7. The molecule has 0 radical (unpaired) electrons. The van der Waals surface area contributed by atoms with Gasteiger partial charge in [0.1, 0.15) is 6.61 Å². The van der Waals surface area contributed by atoms with E-state index in [0.29, 0.717) is 24.6 Å². The summed E-state index contributed by atoms with van der Waals surface area (Å²) in [6.45, 7) is 1.04. The summed E-state index contributed by atoms with van der Waals surface area (Å²) in [5.74, 6) is 5.21. The van der Waals surface area contributed by atoms with Crippen LogP contribution in [0.5, 0.6) is 0 Å². The van der Waals surface area contributed by atoms with Gasteiger partial charge in [-0.2, -0.15) is 0 Å². The van der Waals surface area contributed by atoms with Crippen LogP contribution in [0.1, 0.15) is 14.5 Å². The van der Waals surface area contributed by atoms with Gasteiger partial charge in [0.15, 0.2) is 0 Å². The van der Waals surface area contributed by atoms with Gasteiger partial charge in [0.25, 0.3) is 5.91 Å². The average Bonchev–Trinajstić information content (AvgIpc) is 2.93. The Bertz CT molecular complexity index is 502. The molecule has 1 aliphatic heterocycles. The number of aliphatic hydroxyl groups excluding tert-OH is 2. The number of rotatable bonds is 2. The molecule has 5 nitrogen and oxygen atoms in total. The third-order valence-corrected chi connectivity index (χ3v) is 3.80. The minimum absolute atomic E-state index is 0.103. The van der Waals surface area contributed by atoms with Gasteiger partial charge in [-0.25, -0.2) is 0 Å². The molecule has 1 aromatic heterocycles. The number of carbonyl (C=O) groups is 1. The topological polar surface area (TPSA) is 70.0 Å². The number of hydrogen-bond donors (Lipinski definition) is 2. The van der Waals surface area contributed by atoms with Crippen LogP contribution in [0.15, 0.2) is 12.1 Å². The van der Waals surface area contributed by atoms with E-state index in [2.05, 4.69) is 11.8 Å². The summed E-state index contributed by atoms with van der Waals surface area (Å²) in [7, 11) is 0. The summed E-state index contributed by atoms with van der Waals surface area (Å²) in [6, 6.07) is 3.20. The molecule has 2 N–H and O–H groups in total. The van der Waals surface area contributed by atoms with Crippen molar-refractivity contribution < 1.29 is 19.7 Å². The molecule has 1 fully saturated rings. The van der Waals surface area contributed by atoms with Crippen LogP contribution in [0.3, 0.4) is 0 Å². The van der Waals surface area contributed by atoms with Gasteiger partial charge in [0.05, 0.1) is 35.6 Å². The maximum Gasteiger partial charge on any atom is 0.264 e. The molecule has 1 aliphatic rings. The van der Waals surface area contributed by atoms with E-state index < -0.39 is 0 Å². The molecule has 1 aromatic rings. The fourth-order valence-corrected chi connectivity index (χ4v) is 2.70. The van der Waals surface area contributed by atoms with E-state index in [-0.39, 0.29) is 25.2 Å². The lowest BCUT2D eigenvalue weighted by Gasteiger charge is -2.34. The van der Waals surface area contributed by atoms with Gasteiger partial charge in [0.2, 0.25) is 0 Å². The molecule has 6 heteroatoms. The predicted molar refractivity (Wildman–Crippen MR) is 71.0 cm³/mol. The van der Waals surface area contributed by atoms with Crippen molar-refractivity contribution in [2.45, 2.75) is 6.04 Å². The van der Waals surface area contributed by atoms with Crippen molar-refractivity contribution in [3.05, 3.63) is 21.9 Å². The second-order valence-corrected chi connectivity index (χ2v) is 5.12. The van der Waals surface area contributed by atoms with Gasteiger partial charge in [-0.1, -0.05) is 11.8 Å². The van der Waals surface area contributed by atoms with E-state index in [1.54, 1.807) is 17.0 Å². The largest absolute Gasteiger partial charge is 0.394 e. The fraction of sp³-hybridized carbons (Fsp3) is 0.462. The van der Waals surface area contributed by atoms with Crippen LogP contribution in [-0.4, -0.2) is 60.0 Å². The first-order chi connectivity index (χ1) is 9.26. The van der Waals surface area contributed by atoms with E-state index in [0.717, 1.165) is 4.88 Å². The van der Waals surface area contributed by atoms with E-state index in [1.165, 1.54) is 11.3 Å². The second-order valence-electron chi connectivity index (χ2n) is 4.03. The molecule has 1 atom stereocenters. The molecule has 102 valence electrons. The Kier molecular flexibility index (Phi) is 4.93. The Morgan fingerprint density at radius 1 is 1.53 bits per heavy atom. The normalized spacial score (nSPS) is 18.8. The van der Waals surface area contributed by atoms with Crippen LogP contribution in [0.4, 0.5) is 0 Å². The number of ether oxygens (including phenoxy) is 1. The van der Waals surface area contributed by atoms with Crippen molar-refractivity contribution in [2.24, 2.45) is 0 Å². The average molecular weight is 281 g/mol. The Balaban J connectivity index is 2.12. The number of morpholine rings is 1. The first-order valence-corrected chi connectivity index (χ1v) is 6.77. The van der Waals surface area contributed by atoms with Gasteiger partial charge in [-0.3, -0.25) is 4.79 Å². The first kappa shape index (κ1) is 14.0. The SMILES string of the molecule is O=C(c1ccc(C#CCO)s1)N1CCOCC1CO. The minimum Gasteiger partial charge on any atom is -0.394 e. The first-order valence-electron chi connectivity index (χ1n) is 5.95. The molecule has 0 aromatic carbocycles. The molecule has 0 spiro atoms. The van der Waals surface area contributed by atoms with Crippen molar-refractivity contribution in [3.8, 4) is 11.8 Å². The number of nitrogens with zero attached hydrogens (tertiary/aromatic N) is 1. The molecule has 2 heterocycles. The van der Waals surface area contributed by atoms with Crippen LogP contribution < -0.4 is 0 Å². The van der Waals surface area contributed by atoms with Crippen LogP contribution in [0.2, 0.25) is 0 Å². The van der Waals surface area contributed by atoms with Crippen LogP contribution in [0, 0.1) is 11.8 Å². The van der Waals surface area contributed by atoms with E-state index in [1.807, 2.05) is 0 Å². The second kappa shape index (κ2) is 6.68. The number of amides is 1. The molecule has 0 saturated carbocycles. The monoisotopic (exact) mass is 281 g/mol. The highest BCUT2D eigenvalue weighted by Crippen LogP contribution is 2.20. The van der Waals surface area contributed by atoms with E-state index in [9.17, 15) is 9.90 Å². The van der Waals surface area contributed by atoms with E-state index in [4.69, 9.17) is 9.84 Å². The molecule has 1 unspecified atom stereocenters. The molecular formula is C13H15NO4S. The highest BCUT2D eigenvalue weighted by atomic mass is 32.1. The van der Waals surface area contributed by atoms with Gasteiger partial charge in [-0.15, -0.1) is 11.3 Å². The van der Waals surface area contributed by atoms with Crippen molar-refractivity contribution in [2.75, 3.05) is 33.0 Å². The lowest BCUT2D eigenvalue weighted by atomic mass is 10.2. The Labute approximate surface area is 115 Å². The Hall–Kier alpha value is -1.39. The highest BCUT2D eigenvalue weighted by Gasteiger charge is 2.28. The standard InChI is InChI=1S/C13H15NO4S/c15-6-1-2-11-3-4-12(19-11)13(17)14-5-7-18-9-10(14)8-16/h3-4,10,15-16H,5-9H2. The zero-order valence-corrected chi connectivity index (χ0v) is 11.2. The fourth-order valence-electron chi connectivity index (χ4n) is 1.86. The summed E-state index contributed by atoms with van der Waals surface area (Å²) >= 11 is 1.29. The molecular weight excluding hydrogens is 266 g/mol. The number of aliphatic hydroxyl groups is 2. The molecule has 1 saturated heterocycles. The third-order valence-electron chi connectivity index (χ3n) is 2.81. The molecule has 0 aliphatic carbocycles. The quantitative estimate of drug-likeness (QED) is 0.744. The predicted octanol–water partition coefficient (Wildman–Crippen LogP) is -0.0748. The van der Waals surface area contributed by atoms with Crippen LogP contribution >= 0.6 is 11.3 Å². The van der Waals surface area contributed by atoms with Gasteiger partial charge < -0.3 is 19.8 Å². The van der Waals surface area contributed by atoms with Gasteiger partial charge in [0, 0.05) is 6.54 Å². The minimum atomic E-state index is -0.282. The lowest BCUT2D eigenvalue weighted by Crippen LogP contribution is -2.50. The van der Waals surface area contributed by atoms with Crippen molar-refractivity contribution >= 4 is 17.2 Å². The summed E-state index contributed by atoms with van der Waals surface area (Å²) in [5.41, 5.74) is 0. The van der Waals surface area contributed by atoms with Crippen LogP contribution in [-0.2, 0) is 4.74 Å². The number of thiophene rings is 1. The van der Waals surface area contributed by atoms with Crippen LogP contribution in [0.25, 0.3) is 0 Å². The Morgan fingerprint density at radius 3 is 3.11 bits per heavy atom. The third kappa shape index (κ3) is 3.33. The molecule has 1 amide bonds. The smallest absolute Gasteiger partial charge is 0.264 e. The van der Waals surface area contributed by atoms with Crippen molar-refractivity contribution in [1.82, 2.24) is 4.90 Å².